The molecule has 2 fully saturated rings. The quantitative estimate of drug-likeness (QED) is 0.771. The Kier molecular flexibility index (Phi) is 4.97. The van der Waals surface area contributed by atoms with E-state index in [4.69, 9.17) is 4.74 Å². The molecule has 1 N–H and O–H groups in total. The Morgan fingerprint density at radius 1 is 1.09 bits per heavy atom. The van der Waals surface area contributed by atoms with Crippen molar-refractivity contribution in [2.24, 2.45) is 0 Å². The number of β-amino-alcohol motifs (C(OH)–C–C–N with tert-alkyl or cyclic N) is 1. The van der Waals surface area contributed by atoms with E-state index in [1.807, 2.05) is 0 Å². The molecule has 0 aromatic heterocycles. The lowest BCUT2D eigenvalue weighted by atomic mass is 10.0. The summed E-state index contributed by atoms with van der Waals surface area (Å²) in [4.78, 5) is 13.7. The van der Waals surface area contributed by atoms with Gasteiger partial charge in [0, 0.05) is 39.3 Å². The second-order valence-corrected chi connectivity index (χ2v) is 9.42. The zero-order valence-corrected chi connectivity index (χ0v) is 15.1. The minimum atomic E-state index is -3.58. The van der Waals surface area contributed by atoms with Crippen molar-refractivity contribution in [2.45, 2.75) is 45.3 Å². The van der Waals surface area contributed by atoms with Gasteiger partial charge in [-0.1, -0.05) is 0 Å². The smallest absolute Gasteiger partial charge is 0.410 e. The molecule has 0 saturated carbocycles. The van der Waals surface area contributed by atoms with Crippen molar-refractivity contribution in [1.29, 1.82) is 0 Å². The molecule has 0 unspecified atom stereocenters. The standard InChI is InChI=1S/C14H27N3O5S/c1-13(2,3)22-12(18)15-6-5-7-16(9-8-15)23(20,21)17-10-14(4,19)11-17/h19H,5-11H2,1-4H3. The van der Waals surface area contributed by atoms with Gasteiger partial charge >= 0.3 is 6.09 Å². The average Bonchev–Trinajstić information content (AvgIpc) is 2.59. The zero-order valence-electron chi connectivity index (χ0n) is 14.3. The largest absolute Gasteiger partial charge is 0.444 e. The summed E-state index contributed by atoms with van der Waals surface area (Å²) >= 11 is 0. The lowest BCUT2D eigenvalue weighted by molar-refractivity contribution is -0.0450. The molecule has 2 saturated heterocycles. The van der Waals surface area contributed by atoms with Gasteiger partial charge in [-0.15, -0.1) is 0 Å². The van der Waals surface area contributed by atoms with E-state index >= 15 is 0 Å². The predicted octanol–water partition coefficient (Wildman–Crippen LogP) is 0.241. The second kappa shape index (κ2) is 6.19. The molecule has 0 aliphatic carbocycles. The third-order valence-corrected chi connectivity index (χ3v) is 5.72. The van der Waals surface area contributed by atoms with Crippen LogP contribution in [0.1, 0.15) is 34.1 Å². The molecule has 0 spiro atoms. The highest BCUT2D eigenvalue weighted by molar-refractivity contribution is 7.86. The minimum absolute atomic E-state index is 0.113. The fraction of sp³-hybridized carbons (Fsp3) is 0.929. The van der Waals surface area contributed by atoms with Crippen molar-refractivity contribution in [3.8, 4) is 0 Å². The van der Waals surface area contributed by atoms with Gasteiger partial charge in [0.1, 0.15) is 5.60 Å². The molecule has 2 rings (SSSR count). The predicted molar refractivity (Wildman–Crippen MR) is 85.1 cm³/mol. The van der Waals surface area contributed by atoms with Crippen LogP contribution in [0.4, 0.5) is 4.79 Å². The highest BCUT2D eigenvalue weighted by atomic mass is 32.2. The van der Waals surface area contributed by atoms with Crippen molar-refractivity contribution in [2.75, 3.05) is 39.3 Å². The summed E-state index contributed by atoms with van der Waals surface area (Å²) in [6.07, 6.45) is 0.145. The van der Waals surface area contributed by atoms with Crippen LogP contribution in [0.5, 0.6) is 0 Å². The van der Waals surface area contributed by atoms with Crippen LogP contribution in [0.25, 0.3) is 0 Å². The molecule has 134 valence electrons. The van der Waals surface area contributed by atoms with E-state index in [1.54, 1.807) is 32.6 Å². The Morgan fingerprint density at radius 2 is 1.70 bits per heavy atom. The monoisotopic (exact) mass is 349 g/mol. The first kappa shape index (κ1) is 18.4. The number of ether oxygens (including phenoxy) is 1. The zero-order chi connectivity index (χ0) is 17.5. The molecule has 0 bridgehead atoms. The molecule has 0 aromatic rings. The van der Waals surface area contributed by atoms with Crippen molar-refractivity contribution in [1.82, 2.24) is 13.5 Å². The number of hydrogen-bond donors (Lipinski definition) is 1. The van der Waals surface area contributed by atoms with Crippen LogP contribution in [0.2, 0.25) is 0 Å². The molecule has 2 heterocycles. The van der Waals surface area contributed by atoms with E-state index in [-0.39, 0.29) is 19.6 Å². The number of hydrogen-bond acceptors (Lipinski definition) is 5. The van der Waals surface area contributed by atoms with E-state index in [0.717, 1.165) is 0 Å². The topological polar surface area (TPSA) is 90.4 Å². The van der Waals surface area contributed by atoms with E-state index in [2.05, 4.69) is 0 Å². The van der Waals surface area contributed by atoms with Gasteiger partial charge in [0.05, 0.1) is 5.60 Å². The van der Waals surface area contributed by atoms with Gasteiger partial charge in [0.15, 0.2) is 0 Å². The molecule has 8 nitrogen and oxygen atoms in total. The van der Waals surface area contributed by atoms with Crippen molar-refractivity contribution < 1.29 is 23.1 Å². The third-order valence-electron chi connectivity index (χ3n) is 3.79. The Labute approximate surface area is 138 Å². The first-order chi connectivity index (χ1) is 10.4. The molecule has 0 aromatic carbocycles. The number of nitrogens with zero attached hydrogens (tertiary/aromatic N) is 3. The summed E-state index contributed by atoms with van der Waals surface area (Å²) in [5, 5.41) is 9.73. The fourth-order valence-electron chi connectivity index (χ4n) is 2.67. The number of carbonyl (C=O) groups excluding carboxylic acids is 1. The van der Waals surface area contributed by atoms with E-state index < -0.39 is 27.5 Å². The third kappa shape index (κ3) is 4.56. The highest BCUT2D eigenvalue weighted by Crippen LogP contribution is 2.26. The molecule has 23 heavy (non-hydrogen) atoms. The number of aliphatic hydroxyl groups is 1. The summed E-state index contributed by atoms with van der Waals surface area (Å²) < 4.78 is 33.0. The summed E-state index contributed by atoms with van der Waals surface area (Å²) in [5.41, 5.74) is -1.51. The second-order valence-electron chi connectivity index (χ2n) is 7.49. The lowest BCUT2D eigenvalue weighted by Crippen LogP contribution is -2.64. The fourth-order valence-corrected chi connectivity index (χ4v) is 4.55. The van der Waals surface area contributed by atoms with E-state index in [0.29, 0.717) is 26.1 Å². The summed E-state index contributed by atoms with van der Waals surface area (Å²) in [5.74, 6) is 0. The van der Waals surface area contributed by atoms with Crippen LogP contribution in [-0.4, -0.2) is 83.6 Å². The summed E-state index contributed by atoms with van der Waals surface area (Å²) in [6.45, 7) is 8.62. The van der Waals surface area contributed by atoms with Gasteiger partial charge in [-0.05, 0) is 34.1 Å². The molecule has 1 amide bonds. The Morgan fingerprint density at radius 3 is 2.22 bits per heavy atom. The normalized spacial score (nSPS) is 24.0. The van der Waals surface area contributed by atoms with Gasteiger partial charge in [0.25, 0.3) is 10.2 Å². The average molecular weight is 349 g/mol. The number of rotatable bonds is 2. The van der Waals surface area contributed by atoms with Crippen molar-refractivity contribution in [3.63, 3.8) is 0 Å². The van der Waals surface area contributed by atoms with Gasteiger partial charge in [-0.3, -0.25) is 0 Å². The Balaban J connectivity index is 1.95. The maximum absolute atomic E-state index is 12.5. The summed E-state index contributed by atoms with van der Waals surface area (Å²) in [6, 6.07) is 0. The number of amides is 1. The Hall–Kier alpha value is -0.900. The molecular formula is C14H27N3O5S. The molecule has 9 heteroatoms. The molecule has 0 atom stereocenters. The van der Waals surface area contributed by atoms with E-state index in [9.17, 15) is 18.3 Å². The lowest BCUT2D eigenvalue weighted by Gasteiger charge is -2.44. The van der Waals surface area contributed by atoms with Gasteiger partial charge in [0.2, 0.25) is 0 Å². The van der Waals surface area contributed by atoms with Crippen molar-refractivity contribution >= 4 is 16.3 Å². The molecular weight excluding hydrogens is 322 g/mol. The van der Waals surface area contributed by atoms with Crippen LogP contribution in [0.15, 0.2) is 0 Å². The Bertz CT molecular complexity index is 547. The van der Waals surface area contributed by atoms with Crippen LogP contribution >= 0.6 is 0 Å². The highest BCUT2D eigenvalue weighted by Gasteiger charge is 2.45. The maximum atomic E-state index is 12.5. The maximum Gasteiger partial charge on any atom is 0.410 e. The molecule has 2 aliphatic rings. The van der Waals surface area contributed by atoms with Gasteiger partial charge < -0.3 is 14.7 Å². The summed E-state index contributed by atoms with van der Waals surface area (Å²) in [7, 11) is -3.58. The first-order valence-electron chi connectivity index (χ1n) is 7.86. The molecule has 2 aliphatic heterocycles. The van der Waals surface area contributed by atoms with Gasteiger partial charge in [-0.25, -0.2) is 4.79 Å². The SMILES string of the molecule is CC1(O)CN(S(=O)(=O)N2CCCN(C(=O)OC(C)(C)C)CC2)C1. The van der Waals surface area contributed by atoms with Crippen LogP contribution in [-0.2, 0) is 14.9 Å². The van der Waals surface area contributed by atoms with E-state index in [1.165, 1.54) is 8.61 Å². The van der Waals surface area contributed by atoms with Crippen LogP contribution in [0.3, 0.4) is 0 Å². The van der Waals surface area contributed by atoms with Crippen LogP contribution < -0.4 is 0 Å². The van der Waals surface area contributed by atoms with Gasteiger partial charge in [-0.2, -0.15) is 17.0 Å². The van der Waals surface area contributed by atoms with Crippen LogP contribution in [0, 0.1) is 0 Å². The number of carbonyl (C=O) groups is 1. The van der Waals surface area contributed by atoms with Crippen molar-refractivity contribution in [3.05, 3.63) is 0 Å². The minimum Gasteiger partial charge on any atom is -0.444 e. The first-order valence-corrected chi connectivity index (χ1v) is 9.26. The molecule has 0 radical (unpaired) electrons.